The molecule has 0 aromatic heterocycles. The lowest BCUT2D eigenvalue weighted by atomic mass is 10.1. The minimum absolute atomic E-state index is 0.214. The van der Waals surface area contributed by atoms with Gasteiger partial charge in [0.25, 0.3) is 0 Å². The summed E-state index contributed by atoms with van der Waals surface area (Å²) in [7, 11) is 1.63. The van der Waals surface area contributed by atoms with Crippen LogP contribution in [0.3, 0.4) is 0 Å². The van der Waals surface area contributed by atoms with E-state index in [1.54, 1.807) is 31.4 Å². The van der Waals surface area contributed by atoms with Gasteiger partial charge in [-0.25, -0.2) is 9.38 Å². The summed E-state index contributed by atoms with van der Waals surface area (Å²) < 4.78 is 19.4. The van der Waals surface area contributed by atoms with E-state index >= 15 is 0 Å². The summed E-state index contributed by atoms with van der Waals surface area (Å²) >= 11 is 7.56. The predicted molar refractivity (Wildman–Crippen MR) is 146 cm³/mol. The standard InChI is InChI=1S/C29H26ClFN2O2S/c1-35-27-6-3-7-28(19-27)36-29(32-25-5-2-4-24(31)18-25)33(20-22-10-14-26(34)15-11-22)17-16-21-8-12-23(30)13-9-21/h2-15,18-19,34H,16-17,20H2,1H3. The molecule has 0 fully saturated rings. The van der Waals surface area contributed by atoms with Crippen LogP contribution < -0.4 is 4.74 Å². The molecule has 0 atom stereocenters. The van der Waals surface area contributed by atoms with Crippen molar-refractivity contribution in [3.05, 3.63) is 119 Å². The van der Waals surface area contributed by atoms with Gasteiger partial charge in [-0.3, -0.25) is 0 Å². The fourth-order valence-corrected chi connectivity index (χ4v) is 4.66. The highest BCUT2D eigenvalue weighted by Crippen LogP contribution is 2.29. The monoisotopic (exact) mass is 520 g/mol. The zero-order valence-electron chi connectivity index (χ0n) is 19.8. The van der Waals surface area contributed by atoms with Crippen LogP contribution in [0.25, 0.3) is 0 Å². The molecule has 0 heterocycles. The Hall–Kier alpha value is -3.48. The average Bonchev–Trinajstić information content (AvgIpc) is 2.88. The number of ether oxygens (including phenoxy) is 1. The number of hydrogen-bond donors (Lipinski definition) is 1. The number of thioether (sulfide) groups is 1. The molecule has 0 aliphatic carbocycles. The first-order valence-electron chi connectivity index (χ1n) is 11.4. The Morgan fingerprint density at radius 1 is 0.944 bits per heavy atom. The maximum atomic E-state index is 14.0. The highest BCUT2D eigenvalue weighted by Gasteiger charge is 2.16. The van der Waals surface area contributed by atoms with E-state index in [0.29, 0.717) is 23.8 Å². The third-order valence-electron chi connectivity index (χ3n) is 5.45. The number of amidine groups is 1. The van der Waals surface area contributed by atoms with Gasteiger partial charge in [-0.15, -0.1) is 0 Å². The van der Waals surface area contributed by atoms with Crippen LogP contribution in [0, 0.1) is 5.82 Å². The summed E-state index contributed by atoms with van der Waals surface area (Å²) in [6, 6.07) is 28.9. The van der Waals surface area contributed by atoms with E-state index in [2.05, 4.69) is 4.90 Å². The highest BCUT2D eigenvalue weighted by atomic mass is 35.5. The Kier molecular flexibility index (Phi) is 8.87. The molecule has 0 unspecified atom stereocenters. The van der Waals surface area contributed by atoms with Crippen molar-refractivity contribution < 1.29 is 14.2 Å². The third-order valence-corrected chi connectivity index (χ3v) is 6.72. The number of halogens is 2. The van der Waals surface area contributed by atoms with Gasteiger partial charge < -0.3 is 14.7 Å². The molecule has 7 heteroatoms. The van der Waals surface area contributed by atoms with Crippen molar-refractivity contribution in [3.8, 4) is 11.5 Å². The predicted octanol–water partition coefficient (Wildman–Crippen LogP) is 7.72. The Balaban J connectivity index is 1.70. The molecule has 0 bridgehead atoms. The molecule has 4 aromatic rings. The lowest BCUT2D eigenvalue weighted by molar-refractivity contribution is 0.413. The summed E-state index contributed by atoms with van der Waals surface area (Å²) in [6.45, 7) is 1.21. The quantitative estimate of drug-likeness (QED) is 0.147. The molecule has 184 valence electrons. The Bertz CT molecular complexity index is 1310. The molecule has 1 N–H and O–H groups in total. The lowest BCUT2D eigenvalue weighted by Crippen LogP contribution is -2.30. The van der Waals surface area contributed by atoms with Crippen LogP contribution in [0.15, 0.2) is 107 Å². The van der Waals surface area contributed by atoms with Gasteiger partial charge in [0.1, 0.15) is 17.3 Å². The summed E-state index contributed by atoms with van der Waals surface area (Å²) in [5.74, 6) is 0.621. The van der Waals surface area contributed by atoms with E-state index in [4.69, 9.17) is 21.3 Å². The summed E-state index contributed by atoms with van der Waals surface area (Å²) in [5, 5.41) is 11.2. The topological polar surface area (TPSA) is 45.1 Å². The number of phenolic OH excluding ortho intramolecular Hbond substituents is 1. The molecule has 4 aromatic carbocycles. The van der Waals surface area contributed by atoms with Crippen LogP contribution in [0.5, 0.6) is 11.5 Å². The van der Waals surface area contributed by atoms with Gasteiger partial charge in [0, 0.05) is 23.0 Å². The number of hydrogen-bond acceptors (Lipinski definition) is 4. The maximum Gasteiger partial charge on any atom is 0.169 e. The molecule has 36 heavy (non-hydrogen) atoms. The molecular formula is C29H26ClFN2O2S. The van der Waals surface area contributed by atoms with Crippen molar-refractivity contribution in [1.29, 1.82) is 0 Å². The van der Waals surface area contributed by atoms with E-state index in [-0.39, 0.29) is 11.6 Å². The molecule has 0 spiro atoms. The van der Waals surface area contributed by atoms with E-state index in [1.165, 1.54) is 23.9 Å². The van der Waals surface area contributed by atoms with Gasteiger partial charge in [0.05, 0.1) is 12.8 Å². The number of rotatable bonds is 8. The molecule has 0 aliphatic heterocycles. The van der Waals surface area contributed by atoms with E-state index in [0.717, 1.165) is 33.4 Å². The maximum absolute atomic E-state index is 14.0. The van der Waals surface area contributed by atoms with Gasteiger partial charge in [-0.05, 0) is 78.2 Å². The van der Waals surface area contributed by atoms with Crippen LogP contribution in [0.2, 0.25) is 5.02 Å². The molecule has 4 nitrogen and oxygen atoms in total. The largest absolute Gasteiger partial charge is 0.508 e. The Morgan fingerprint density at radius 3 is 2.39 bits per heavy atom. The zero-order chi connectivity index (χ0) is 25.3. The second-order valence-corrected chi connectivity index (χ2v) is 9.60. The van der Waals surface area contributed by atoms with Crippen LogP contribution in [0.1, 0.15) is 11.1 Å². The van der Waals surface area contributed by atoms with Crippen LogP contribution in [-0.4, -0.2) is 28.8 Å². The fourth-order valence-electron chi connectivity index (χ4n) is 3.56. The van der Waals surface area contributed by atoms with Gasteiger partial charge in [0.15, 0.2) is 5.17 Å². The van der Waals surface area contributed by atoms with Crippen LogP contribution in [-0.2, 0) is 13.0 Å². The molecule has 0 saturated carbocycles. The minimum Gasteiger partial charge on any atom is -0.508 e. The van der Waals surface area contributed by atoms with E-state index in [1.807, 2.05) is 60.7 Å². The first kappa shape index (κ1) is 25.6. The van der Waals surface area contributed by atoms with Crippen molar-refractivity contribution in [3.63, 3.8) is 0 Å². The smallest absolute Gasteiger partial charge is 0.169 e. The Labute approximate surface area is 220 Å². The van der Waals surface area contributed by atoms with Gasteiger partial charge >= 0.3 is 0 Å². The molecular weight excluding hydrogens is 495 g/mol. The zero-order valence-corrected chi connectivity index (χ0v) is 21.3. The number of aliphatic imine (C=N–C) groups is 1. The summed E-state index contributed by atoms with van der Waals surface area (Å²) in [5.41, 5.74) is 2.69. The second kappa shape index (κ2) is 12.5. The molecule has 4 rings (SSSR count). The number of nitrogens with zero attached hydrogens (tertiary/aromatic N) is 2. The van der Waals surface area contributed by atoms with Crippen molar-refractivity contribution in [2.45, 2.75) is 17.9 Å². The summed E-state index contributed by atoms with van der Waals surface area (Å²) in [6.07, 6.45) is 0.760. The number of aromatic hydroxyl groups is 1. The van der Waals surface area contributed by atoms with Crippen LogP contribution >= 0.6 is 23.4 Å². The Morgan fingerprint density at radius 2 is 1.67 bits per heavy atom. The van der Waals surface area contributed by atoms with E-state index in [9.17, 15) is 9.50 Å². The number of methoxy groups -OCH3 is 1. The first-order chi connectivity index (χ1) is 17.5. The number of phenols is 1. The van der Waals surface area contributed by atoms with Crippen molar-refractivity contribution in [2.24, 2.45) is 4.99 Å². The second-order valence-electron chi connectivity index (χ2n) is 8.12. The minimum atomic E-state index is -0.340. The SMILES string of the molecule is COc1cccc(SC(=Nc2cccc(F)c2)N(CCc2ccc(Cl)cc2)Cc2ccc(O)cc2)c1. The summed E-state index contributed by atoms with van der Waals surface area (Å²) in [4.78, 5) is 7.98. The third kappa shape index (κ3) is 7.51. The molecule has 0 amide bonds. The normalized spacial score (nSPS) is 11.4. The number of benzene rings is 4. The van der Waals surface area contributed by atoms with Crippen molar-refractivity contribution in [1.82, 2.24) is 4.90 Å². The van der Waals surface area contributed by atoms with Gasteiger partial charge in [0.2, 0.25) is 0 Å². The molecule has 0 radical (unpaired) electrons. The van der Waals surface area contributed by atoms with Crippen LogP contribution in [0.4, 0.5) is 10.1 Å². The average molecular weight is 521 g/mol. The highest BCUT2D eigenvalue weighted by molar-refractivity contribution is 8.13. The molecule has 0 aliphatic rings. The van der Waals surface area contributed by atoms with Crippen molar-refractivity contribution >= 4 is 34.2 Å². The van der Waals surface area contributed by atoms with Gasteiger partial charge in [-0.1, -0.05) is 59.8 Å². The molecule has 0 saturated heterocycles. The van der Waals surface area contributed by atoms with Crippen molar-refractivity contribution in [2.75, 3.05) is 13.7 Å². The van der Waals surface area contributed by atoms with E-state index < -0.39 is 0 Å². The van der Waals surface area contributed by atoms with Gasteiger partial charge in [-0.2, -0.15) is 0 Å². The lowest BCUT2D eigenvalue weighted by Gasteiger charge is -2.26. The fraction of sp³-hybridized carbons (Fsp3) is 0.138. The first-order valence-corrected chi connectivity index (χ1v) is 12.6.